The molecule has 0 aliphatic carbocycles. The molecule has 0 saturated carbocycles. The number of benzene rings is 2. The molecule has 2 rings (SSSR count). The molecule has 0 spiro atoms. The molecule has 2 aromatic rings. The quantitative estimate of drug-likeness (QED) is 0.501. The van der Waals surface area contributed by atoms with E-state index in [-0.39, 0.29) is 17.1 Å². The number of Topliss-reactive ketones (excluding diaryl/α,β-unsaturated/α-hetero) is 1. The Hall–Kier alpha value is -2.62. The van der Waals surface area contributed by atoms with E-state index in [4.69, 9.17) is 0 Å². The Morgan fingerprint density at radius 1 is 1.21 bits per heavy atom. The van der Waals surface area contributed by atoms with Crippen LogP contribution >= 0.6 is 0 Å². The van der Waals surface area contributed by atoms with Crippen LogP contribution < -0.4 is 5.43 Å². The number of ketones is 1. The van der Waals surface area contributed by atoms with Crippen molar-refractivity contribution in [3.63, 3.8) is 0 Å². The second-order valence-corrected chi connectivity index (χ2v) is 4.12. The van der Waals surface area contributed by atoms with E-state index in [1.165, 1.54) is 6.07 Å². The highest BCUT2D eigenvalue weighted by Crippen LogP contribution is 2.18. The number of phenolic OH excluding ortho intramolecular Hbond substituents is 1. The molecule has 0 amide bonds. The minimum Gasteiger partial charge on any atom is -0.507 e. The van der Waals surface area contributed by atoms with Gasteiger partial charge in [-0.2, -0.15) is 5.10 Å². The number of rotatable bonds is 4. The summed E-state index contributed by atoms with van der Waals surface area (Å²) < 4.78 is 0. The van der Waals surface area contributed by atoms with E-state index < -0.39 is 0 Å². The molecule has 0 aliphatic rings. The molecular formula is C15H14N2O2. The van der Waals surface area contributed by atoms with Gasteiger partial charge in [-0.05, 0) is 31.2 Å². The summed E-state index contributed by atoms with van der Waals surface area (Å²) in [7, 11) is 0. The largest absolute Gasteiger partial charge is 0.507 e. The number of anilines is 1. The van der Waals surface area contributed by atoms with Gasteiger partial charge in [0.2, 0.25) is 5.78 Å². The van der Waals surface area contributed by atoms with Gasteiger partial charge in [-0.25, -0.2) is 0 Å². The molecule has 2 N–H and O–H groups in total. The lowest BCUT2D eigenvalue weighted by atomic mass is 10.1. The molecule has 0 saturated heterocycles. The van der Waals surface area contributed by atoms with Crippen LogP contribution in [-0.4, -0.2) is 17.1 Å². The van der Waals surface area contributed by atoms with Gasteiger partial charge in [-0.1, -0.05) is 29.8 Å². The SMILES string of the molecule is Cc1ccc(O)c(C(=O)C=NNc2ccccc2)c1. The van der Waals surface area contributed by atoms with Crippen molar-refractivity contribution in [2.75, 3.05) is 5.43 Å². The number of phenols is 1. The van der Waals surface area contributed by atoms with Crippen molar-refractivity contribution in [2.45, 2.75) is 6.92 Å². The standard InChI is InChI=1S/C15H14N2O2/c1-11-7-8-14(18)13(9-11)15(19)10-16-17-12-5-3-2-4-6-12/h2-10,17-18H,1H3. The average molecular weight is 254 g/mol. The van der Waals surface area contributed by atoms with Crippen LogP contribution in [0, 0.1) is 6.92 Å². The summed E-state index contributed by atoms with van der Waals surface area (Å²) in [6, 6.07) is 14.2. The fourth-order valence-corrected chi connectivity index (χ4v) is 1.59. The Kier molecular flexibility index (Phi) is 3.93. The van der Waals surface area contributed by atoms with E-state index in [1.54, 1.807) is 12.1 Å². The van der Waals surface area contributed by atoms with Crippen LogP contribution in [0.3, 0.4) is 0 Å². The molecule has 0 fully saturated rings. The van der Waals surface area contributed by atoms with Crippen LogP contribution in [0.25, 0.3) is 0 Å². The minimum absolute atomic E-state index is 0.0400. The summed E-state index contributed by atoms with van der Waals surface area (Å²) in [4.78, 5) is 11.9. The average Bonchev–Trinajstić information content (AvgIpc) is 2.42. The zero-order valence-electron chi connectivity index (χ0n) is 10.5. The molecular weight excluding hydrogens is 240 g/mol. The Balaban J connectivity index is 2.07. The fraction of sp³-hybridized carbons (Fsp3) is 0.0667. The smallest absolute Gasteiger partial charge is 0.209 e. The van der Waals surface area contributed by atoms with Crippen molar-refractivity contribution < 1.29 is 9.90 Å². The highest BCUT2D eigenvalue weighted by atomic mass is 16.3. The van der Waals surface area contributed by atoms with Gasteiger partial charge in [0.25, 0.3) is 0 Å². The summed E-state index contributed by atoms with van der Waals surface area (Å²) in [6.07, 6.45) is 1.15. The molecule has 2 aromatic carbocycles. The number of aromatic hydroxyl groups is 1. The molecule has 0 aromatic heterocycles. The van der Waals surface area contributed by atoms with E-state index in [2.05, 4.69) is 10.5 Å². The molecule has 0 radical (unpaired) electrons. The minimum atomic E-state index is -0.343. The first kappa shape index (κ1) is 12.8. The number of hydrazone groups is 1. The van der Waals surface area contributed by atoms with Gasteiger partial charge in [0.15, 0.2) is 0 Å². The van der Waals surface area contributed by atoms with Crippen molar-refractivity contribution >= 4 is 17.7 Å². The van der Waals surface area contributed by atoms with Crippen molar-refractivity contribution in [2.24, 2.45) is 5.10 Å². The van der Waals surface area contributed by atoms with Gasteiger partial charge < -0.3 is 5.11 Å². The van der Waals surface area contributed by atoms with E-state index in [0.29, 0.717) is 0 Å². The van der Waals surface area contributed by atoms with Crippen LogP contribution in [0.2, 0.25) is 0 Å². The van der Waals surface area contributed by atoms with Gasteiger partial charge >= 0.3 is 0 Å². The van der Waals surface area contributed by atoms with E-state index in [9.17, 15) is 9.90 Å². The van der Waals surface area contributed by atoms with Crippen LogP contribution in [0.5, 0.6) is 5.75 Å². The molecule has 4 nitrogen and oxygen atoms in total. The number of carbonyl (C=O) groups excluding carboxylic acids is 1. The lowest BCUT2D eigenvalue weighted by Crippen LogP contribution is -2.03. The Labute approximate surface area is 111 Å². The molecule has 4 heteroatoms. The van der Waals surface area contributed by atoms with Crippen LogP contribution in [0.4, 0.5) is 5.69 Å². The van der Waals surface area contributed by atoms with Crippen LogP contribution in [0.1, 0.15) is 15.9 Å². The number of para-hydroxylation sites is 1. The van der Waals surface area contributed by atoms with Crippen LogP contribution in [-0.2, 0) is 0 Å². The highest BCUT2D eigenvalue weighted by Gasteiger charge is 2.08. The summed E-state index contributed by atoms with van der Waals surface area (Å²) in [5.41, 5.74) is 4.69. The summed E-state index contributed by atoms with van der Waals surface area (Å²) >= 11 is 0. The number of hydrogen-bond acceptors (Lipinski definition) is 4. The van der Waals surface area contributed by atoms with Gasteiger partial charge in [-0.3, -0.25) is 10.2 Å². The third-order valence-electron chi connectivity index (χ3n) is 2.57. The second-order valence-electron chi connectivity index (χ2n) is 4.12. The van der Waals surface area contributed by atoms with Gasteiger partial charge in [0.05, 0.1) is 17.5 Å². The maximum absolute atomic E-state index is 11.9. The molecule has 96 valence electrons. The summed E-state index contributed by atoms with van der Waals surface area (Å²) in [5, 5.41) is 13.5. The molecule has 0 bridgehead atoms. The predicted molar refractivity (Wildman–Crippen MR) is 75.7 cm³/mol. The Morgan fingerprint density at radius 2 is 1.95 bits per heavy atom. The van der Waals surface area contributed by atoms with Crippen molar-refractivity contribution in [1.82, 2.24) is 0 Å². The Morgan fingerprint density at radius 3 is 2.68 bits per heavy atom. The third-order valence-corrected chi connectivity index (χ3v) is 2.57. The summed E-state index contributed by atoms with van der Waals surface area (Å²) in [6.45, 7) is 1.86. The maximum Gasteiger partial charge on any atom is 0.209 e. The van der Waals surface area contributed by atoms with Crippen molar-refractivity contribution in [3.05, 3.63) is 59.7 Å². The second kappa shape index (κ2) is 5.82. The number of carbonyl (C=O) groups is 1. The van der Waals surface area contributed by atoms with Crippen molar-refractivity contribution in [3.8, 4) is 5.75 Å². The first-order valence-corrected chi connectivity index (χ1v) is 5.85. The van der Waals surface area contributed by atoms with Gasteiger partial charge in [0, 0.05) is 0 Å². The maximum atomic E-state index is 11.9. The number of nitrogens with one attached hydrogen (secondary N) is 1. The molecule has 0 atom stereocenters. The summed E-state index contributed by atoms with van der Waals surface area (Å²) in [5.74, 6) is -0.383. The fourth-order valence-electron chi connectivity index (χ4n) is 1.59. The predicted octanol–water partition coefficient (Wildman–Crippen LogP) is 2.98. The molecule has 0 unspecified atom stereocenters. The Bertz CT molecular complexity index is 607. The van der Waals surface area contributed by atoms with Gasteiger partial charge in [-0.15, -0.1) is 0 Å². The van der Waals surface area contributed by atoms with E-state index >= 15 is 0 Å². The molecule has 0 aliphatic heterocycles. The third kappa shape index (κ3) is 3.42. The normalized spacial score (nSPS) is 10.6. The molecule has 0 heterocycles. The number of nitrogens with zero attached hydrogens (tertiary/aromatic N) is 1. The first-order chi connectivity index (χ1) is 9.16. The lowest BCUT2D eigenvalue weighted by Gasteiger charge is -2.02. The van der Waals surface area contributed by atoms with E-state index in [0.717, 1.165) is 17.5 Å². The zero-order valence-corrected chi connectivity index (χ0v) is 10.5. The number of hydrogen-bond donors (Lipinski definition) is 2. The first-order valence-electron chi connectivity index (χ1n) is 5.85. The zero-order chi connectivity index (χ0) is 13.7. The number of aryl methyl sites for hydroxylation is 1. The molecule has 19 heavy (non-hydrogen) atoms. The van der Waals surface area contributed by atoms with Crippen LogP contribution in [0.15, 0.2) is 53.6 Å². The van der Waals surface area contributed by atoms with Crippen molar-refractivity contribution in [1.29, 1.82) is 0 Å². The highest BCUT2D eigenvalue weighted by molar-refractivity contribution is 6.36. The van der Waals surface area contributed by atoms with Gasteiger partial charge in [0.1, 0.15) is 5.75 Å². The lowest BCUT2D eigenvalue weighted by molar-refractivity contribution is 0.106. The monoisotopic (exact) mass is 254 g/mol. The van der Waals surface area contributed by atoms with E-state index in [1.807, 2.05) is 37.3 Å². The topological polar surface area (TPSA) is 61.7 Å².